The summed E-state index contributed by atoms with van der Waals surface area (Å²) in [4.78, 5) is 72.1. The Morgan fingerprint density at radius 3 is 1.21 bits per heavy atom. The standard InChI is InChI=1S/C34H64N6O11S/c1-32(2,3)49-29(43)22-38-15-13-37(21-28(42)36-26(25-52(46,47)48)27(41)11-10-12-35)14-16-39(23-30(44)50-33(4,5)6)18-20-40(19-17-38)24-31(45)51-34(7,8)9/h26H,10-25,35H2,1-9H3,(H,36,42)(H,46,47,48)/t26-/m0/s1. The molecule has 0 aromatic rings. The highest BCUT2D eigenvalue weighted by Crippen LogP contribution is 2.11. The van der Waals surface area contributed by atoms with Crippen LogP contribution in [0.4, 0.5) is 0 Å². The molecule has 1 saturated heterocycles. The number of carbonyl (C=O) groups excluding carboxylic acids is 5. The van der Waals surface area contributed by atoms with Gasteiger partial charge in [-0.3, -0.25) is 48.1 Å². The van der Waals surface area contributed by atoms with Crippen LogP contribution >= 0.6 is 0 Å². The highest BCUT2D eigenvalue weighted by molar-refractivity contribution is 7.85. The fraction of sp³-hybridized carbons (Fsp3) is 0.853. The maximum atomic E-state index is 13.3. The van der Waals surface area contributed by atoms with E-state index in [0.717, 1.165) is 0 Å². The third kappa shape index (κ3) is 23.7. The Balaban J connectivity index is 3.37. The second kappa shape index (κ2) is 21.2. The minimum Gasteiger partial charge on any atom is -0.459 e. The Labute approximate surface area is 309 Å². The molecule has 17 nitrogen and oxygen atoms in total. The van der Waals surface area contributed by atoms with E-state index >= 15 is 0 Å². The van der Waals surface area contributed by atoms with Gasteiger partial charge in [-0.25, -0.2) is 0 Å². The topological polar surface area (TPSA) is 218 Å². The first-order chi connectivity index (χ1) is 23.7. The molecule has 18 heteroatoms. The van der Waals surface area contributed by atoms with Crippen molar-refractivity contribution in [2.75, 3.05) is 90.8 Å². The molecule has 0 spiro atoms. The Kier molecular flexibility index (Phi) is 19.3. The summed E-state index contributed by atoms with van der Waals surface area (Å²) in [5.74, 6) is -3.51. The van der Waals surface area contributed by atoms with Crippen molar-refractivity contribution < 1.29 is 51.2 Å². The van der Waals surface area contributed by atoms with E-state index in [0.29, 0.717) is 39.3 Å². The van der Waals surface area contributed by atoms with E-state index in [9.17, 15) is 36.9 Å². The Hall–Kier alpha value is -2.74. The molecule has 1 aliphatic heterocycles. The molecule has 0 aliphatic carbocycles. The Morgan fingerprint density at radius 2 is 0.942 bits per heavy atom. The van der Waals surface area contributed by atoms with Gasteiger partial charge >= 0.3 is 17.9 Å². The largest absolute Gasteiger partial charge is 0.459 e. The van der Waals surface area contributed by atoms with Crippen molar-refractivity contribution in [3.63, 3.8) is 0 Å². The van der Waals surface area contributed by atoms with Crippen molar-refractivity contribution >= 4 is 39.7 Å². The van der Waals surface area contributed by atoms with Crippen molar-refractivity contribution in [2.24, 2.45) is 5.73 Å². The number of carbonyl (C=O) groups is 5. The van der Waals surface area contributed by atoms with Crippen molar-refractivity contribution in [3.8, 4) is 0 Å². The average Bonchev–Trinajstić information content (AvgIpc) is 2.93. The van der Waals surface area contributed by atoms with Gasteiger partial charge in [0.15, 0.2) is 5.78 Å². The molecule has 0 radical (unpaired) electrons. The van der Waals surface area contributed by atoms with Crippen LogP contribution in [0, 0.1) is 0 Å². The van der Waals surface area contributed by atoms with E-state index < -0.39 is 68.3 Å². The maximum Gasteiger partial charge on any atom is 0.320 e. The van der Waals surface area contributed by atoms with Crippen molar-refractivity contribution in [1.82, 2.24) is 24.9 Å². The van der Waals surface area contributed by atoms with Crippen LogP contribution in [0.1, 0.15) is 75.2 Å². The van der Waals surface area contributed by atoms with Crippen LogP contribution in [0.3, 0.4) is 0 Å². The van der Waals surface area contributed by atoms with Crippen LogP contribution < -0.4 is 11.1 Å². The molecule has 1 atom stereocenters. The van der Waals surface area contributed by atoms with Crippen LogP contribution in [0.25, 0.3) is 0 Å². The number of ether oxygens (including phenoxy) is 3. The number of esters is 3. The zero-order valence-electron chi connectivity index (χ0n) is 32.7. The van der Waals surface area contributed by atoms with Gasteiger partial charge in [0.25, 0.3) is 10.1 Å². The predicted octanol–water partition coefficient (Wildman–Crippen LogP) is -0.0863. The van der Waals surface area contributed by atoms with Crippen LogP contribution in [-0.4, -0.2) is 176 Å². The number of nitrogens with zero attached hydrogens (tertiary/aromatic N) is 4. The summed E-state index contributed by atoms with van der Waals surface area (Å²) in [6, 6.07) is -1.47. The van der Waals surface area contributed by atoms with Gasteiger partial charge in [0.05, 0.1) is 26.2 Å². The summed E-state index contributed by atoms with van der Waals surface area (Å²) in [5, 5.41) is 2.46. The molecule has 302 valence electrons. The van der Waals surface area contributed by atoms with E-state index in [2.05, 4.69) is 5.32 Å². The molecule has 4 N–H and O–H groups in total. The van der Waals surface area contributed by atoms with Gasteiger partial charge in [-0.05, 0) is 75.3 Å². The number of amides is 1. The van der Waals surface area contributed by atoms with Gasteiger partial charge in [-0.15, -0.1) is 0 Å². The molecule has 1 heterocycles. The number of rotatable bonds is 15. The lowest BCUT2D eigenvalue weighted by Gasteiger charge is -2.34. The second-order valence-electron chi connectivity index (χ2n) is 16.1. The van der Waals surface area contributed by atoms with Gasteiger partial charge in [0.2, 0.25) is 5.91 Å². The second-order valence-corrected chi connectivity index (χ2v) is 17.6. The number of nitrogens with two attached hydrogens (primary N) is 1. The van der Waals surface area contributed by atoms with Crippen molar-refractivity contribution in [1.29, 1.82) is 0 Å². The van der Waals surface area contributed by atoms with E-state index in [1.165, 1.54) is 0 Å². The van der Waals surface area contributed by atoms with Crippen LogP contribution in [0.2, 0.25) is 0 Å². The highest BCUT2D eigenvalue weighted by atomic mass is 32.2. The molecule has 1 fully saturated rings. The fourth-order valence-electron chi connectivity index (χ4n) is 5.20. The molecule has 1 rings (SSSR count). The lowest BCUT2D eigenvalue weighted by atomic mass is 10.1. The third-order valence-corrected chi connectivity index (χ3v) is 8.10. The van der Waals surface area contributed by atoms with Crippen molar-refractivity contribution in [3.05, 3.63) is 0 Å². The fourth-order valence-corrected chi connectivity index (χ4v) is 5.89. The molecular weight excluding hydrogens is 700 g/mol. The number of hydrogen-bond donors (Lipinski definition) is 3. The summed E-state index contributed by atoms with van der Waals surface area (Å²) in [7, 11) is -4.60. The van der Waals surface area contributed by atoms with E-state index in [1.807, 2.05) is 14.7 Å². The van der Waals surface area contributed by atoms with Gasteiger partial charge in [-0.1, -0.05) is 0 Å². The molecule has 1 amide bonds. The highest BCUT2D eigenvalue weighted by Gasteiger charge is 2.28. The normalized spacial score (nSPS) is 17.7. The lowest BCUT2D eigenvalue weighted by Crippen LogP contribution is -2.52. The molecule has 52 heavy (non-hydrogen) atoms. The van der Waals surface area contributed by atoms with Crippen LogP contribution in [0.15, 0.2) is 0 Å². The van der Waals surface area contributed by atoms with E-state index in [-0.39, 0.29) is 58.7 Å². The smallest absolute Gasteiger partial charge is 0.320 e. The molecule has 0 bridgehead atoms. The first-order valence-corrected chi connectivity index (χ1v) is 19.4. The minimum atomic E-state index is -4.60. The molecule has 1 aliphatic rings. The van der Waals surface area contributed by atoms with Crippen molar-refractivity contribution in [2.45, 2.75) is 98.0 Å². The first kappa shape index (κ1) is 47.3. The molecular formula is C34H64N6O11S. The Morgan fingerprint density at radius 1 is 0.635 bits per heavy atom. The molecule has 0 saturated carbocycles. The van der Waals surface area contributed by atoms with Gasteiger partial charge in [-0.2, -0.15) is 8.42 Å². The monoisotopic (exact) mass is 764 g/mol. The van der Waals surface area contributed by atoms with Crippen LogP contribution in [-0.2, 0) is 48.3 Å². The molecule has 0 aromatic heterocycles. The lowest BCUT2D eigenvalue weighted by molar-refractivity contribution is -0.158. The summed E-state index contributed by atoms with van der Waals surface area (Å²) in [6.45, 7) is 18.3. The van der Waals surface area contributed by atoms with Gasteiger partial charge < -0.3 is 25.3 Å². The van der Waals surface area contributed by atoms with Gasteiger partial charge in [0.1, 0.15) is 28.6 Å². The Bertz CT molecular complexity index is 1250. The summed E-state index contributed by atoms with van der Waals surface area (Å²) in [5.41, 5.74) is 3.38. The number of ketones is 1. The SMILES string of the molecule is CC(C)(C)OC(=O)CN1CCN(CC(=O)N[C@@H](CS(=O)(=O)O)C(=O)CCCN)CCN(CC(=O)OC(C)(C)C)CCN(CC(=O)OC(C)(C)C)CC1. The third-order valence-electron chi connectivity index (χ3n) is 7.34. The number of nitrogens with one attached hydrogen (secondary N) is 1. The zero-order chi connectivity index (χ0) is 39.9. The van der Waals surface area contributed by atoms with E-state index in [1.54, 1.807) is 67.2 Å². The quantitative estimate of drug-likeness (QED) is 0.113. The first-order valence-electron chi connectivity index (χ1n) is 17.8. The molecule has 0 unspecified atom stereocenters. The number of hydrogen-bond acceptors (Lipinski definition) is 15. The average molecular weight is 765 g/mol. The summed E-state index contributed by atoms with van der Waals surface area (Å²) < 4.78 is 49.5. The maximum absolute atomic E-state index is 13.3. The summed E-state index contributed by atoms with van der Waals surface area (Å²) in [6.07, 6.45) is 0.198. The van der Waals surface area contributed by atoms with Crippen LogP contribution in [0.5, 0.6) is 0 Å². The zero-order valence-corrected chi connectivity index (χ0v) is 33.5. The minimum absolute atomic E-state index is 0.0150. The predicted molar refractivity (Wildman–Crippen MR) is 195 cm³/mol. The molecule has 0 aromatic carbocycles. The van der Waals surface area contributed by atoms with Gasteiger partial charge in [0, 0.05) is 58.8 Å². The van der Waals surface area contributed by atoms with E-state index in [4.69, 9.17) is 19.9 Å². The number of Topliss-reactive ketones (excluding diaryl/α,β-unsaturated/α-hetero) is 1. The summed E-state index contributed by atoms with van der Waals surface area (Å²) >= 11 is 0.